The van der Waals surface area contributed by atoms with Crippen molar-refractivity contribution in [1.29, 1.82) is 0 Å². The summed E-state index contributed by atoms with van der Waals surface area (Å²) in [7, 11) is -1.95. The number of sulfonamides is 1. The second-order valence-corrected chi connectivity index (χ2v) is 9.15. The van der Waals surface area contributed by atoms with Crippen LogP contribution in [0.25, 0.3) is 0 Å². The van der Waals surface area contributed by atoms with E-state index in [9.17, 15) is 13.2 Å². The summed E-state index contributed by atoms with van der Waals surface area (Å²) in [5, 5.41) is 11.4. The molecule has 1 N–H and O–H groups in total. The molecule has 3 rings (SSSR count). The van der Waals surface area contributed by atoms with Crippen LogP contribution in [0, 0.1) is 12.8 Å². The van der Waals surface area contributed by atoms with E-state index >= 15 is 0 Å². The summed E-state index contributed by atoms with van der Waals surface area (Å²) in [6, 6.07) is 1.66. The van der Waals surface area contributed by atoms with Crippen molar-refractivity contribution in [3.05, 3.63) is 29.8 Å². The summed E-state index contributed by atoms with van der Waals surface area (Å²) >= 11 is 0. The predicted octanol–water partition coefficient (Wildman–Crippen LogP) is 1.22. The first kappa shape index (κ1) is 20.5. The SMILES string of the molecule is CCn1ccc([C@@H](C)NC(=O)[C@@H]2CCCN(S(=O)(=O)c3cnn(C)c3C)C2)n1. The van der Waals surface area contributed by atoms with Crippen molar-refractivity contribution in [2.75, 3.05) is 13.1 Å². The van der Waals surface area contributed by atoms with E-state index in [1.54, 1.807) is 14.0 Å². The van der Waals surface area contributed by atoms with Gasteiger partial charge in [-0.25, -0.2) is 8.42 Å². The van der Waals surface area contributed by atoms with Gasteiger partial charge in [0.15, 0.2) is 0 Å². The van der Waals surface area contributed by atoms with Gasteiger partial charge in [-0.2, -0.15) is 14.5 Å². The lowest BCUT2D eigenvalue weighted by Crippen LogP contribution is -2.45. The molecule has 1 aliphatic heterocycles. The highest BCUT2D eigenvalue weighted by atomic mass is 32.2. The van der Waals surface area contributed by atoms with Gasteiger partial charge in [0.1, 0.15) is 4.90 Å². The number of aromatic nitrogens is 4. The van der Waals surface area contributed by atoms with Gasteiger partial charge in [0.05, 0.1) is 29.5 Å². The van der Waals surface area contributed by atoms with Gasteiger partial charge in [0.2, 0.25) is 15.9 Å². The molecular weight excluding hydrogens is 380 g/mol. The second kappa shape index (κ2) is 8.04. The molecule has 9 nitrogen and oxygen atoms in total. The van der Waals surface area contributed by atoms with Crippen molar-refractivity contribution in [3.8, 4) is 0 Å². The first-order valence-corrected chi connectivity index (χ1v) is 11.0. The van der Waals surface area contributed by atoms with E-state index in [2.05, 4.69) is 15.5 Å². The quantitative estimate of drug-likeness (QED) is 0.774. The van der Waals surface area contributed by atoms with E-state index in [1.807, 2.05) is 30.8 Å². The molecule has 0 bridgehead atoms. The molecule has 28 heavy (non-hydrogen) atoms. The third-order valence-corrected chi connectivity index (χ3v) is 7.32. The van der Waals surface area contributed by atoms with Crippen LogP contribution in [0.15, 0.2) is 23.4 Å². The molecule has 0 aromatic carbocycles. The van der Waals surface area contributed by atoms with Crippen LogP contribution in [0.3, 0.4) is 0 Å². The number of piperidine rings is 1. The van der Waals surface area contributed by atoms with Crippen LogP contribution in [0.5, 0.6) is 0 Å². The monoisotopic (exact) mass is 408 g/mol. The molecule has 2 aromatic heterocycles. The van der Waals surface area contributed by atoms with Gasteiger partial charge in [-0.05, 0) is 39.7 Å². The number of hydrogen-bond acceptors (Lipinski definition) is 5. The Morgan fingerprint density at radius 1 is 1.43 bits per heavy atom. The summed E-state index contributed by atoms with van der Waals surface area (Å²) < 4.78 is 30.7. The van der Waals surface area contributed by atoms with Gasteiger partial charge in [-0.3, -0.25) is 14.2 Å². The number of amides is 1. The fraction of sp³-hybridized carbons (Fsp3) is 0.611. The maximum Gasteiger partial charge on any atom is 0.246 e. The molecule has 1 saturated heterocycles. The summed E-state index contributed by atoms with van der Waals surface area (Å²) in [6.07, 6.45) is 4.57. The number of carbonyl (C=O) groups is 1. The Morgan fingerprint density at radius 2 is 2.18 bits per heavy atom. The van der Waals surface area contributed by atoms with Crippen molar-refractivity contribution in [3.63, 3.8) is 0 Å². The van der Waals surface area contributed by atoms with E-state index in [0.29, 0.717) is 25.1 Å². The van der Waals surface area contributed by atoms with Crippen molar-refractivity contribution >= 4 is 15.9 Å². The molecule has 2 aromatic rings. The lowest BCUT2D eigenvalue weighted by Gasteiger charge is -2.31. The maximum atomic E-state index is 13.0. The predicted molar refractivity (Wildman–Crippen MR) is 104 cm³/mol. The highest BCUT2D eigenvalue weighted by Gasteiger charge is 2.35. The molecule has 1 fully saturated rings. The van der Waals surface area contributed by atoms with Crippen LogP contribution in [-0.2, 0) is 28.4 Å². The molecule has 3 heterocycles. The Labute approximate surface area is 165 Å². The zero-order valence-corrected chi connectivity index (χ0v) is 17.6. The minimum atomic E-state index is -3.66. The number of carbonyl (C=O) groups excluding carboxylic acids is 1. The van der Waals surface area contributed by atoms with Gasteiger partial charge < -0.3 is 5.32 Å². The molecule has 0 radical (unpaired) electrons. The Kier molecular flexibility index (Phi) is 5.90. The van der Waals surface area contributed by atoms with Crippen LogP contribution in [0.1, 0.15) is 44.1 Å². The van der Waals surface area contributed by atoms with Crippen molar-refractivity contribution < 1.29 is 13.2 Å². The zero-order chi connectivity index (χ0) is 20.5. The van der Waals surface area contributed by atoms with Gasteiger partial charge in [0.25, 0.3) is 0 Å². The van der Waals surface area contributed by atoms with E-state index in [-0.39, 0.29) is 29.3 Å². The number of nitrogens with one attached hydrogen (secondary N) is 1. The second-order valence-electron chi connectivity index (χ2n) is 7.25. The normalized spacial score (nSPS) is 19.5. The lowest BCUT2D eigenvalue weighted by atomic mass is 9.98. The zero-order valence-electron chi connectivity index (χ0n) is 16.8. The number of nitrogens with zero attached hydrogens (tertiary/aromatic N) is 5. The van der Waals surface area contributed by atoms with Crippen molar-refractivity contribution in [2.45, 2.75) is 51.1 Å². The Hall–Kier alpha value is -2.20. The molecule has 1 amide bonds. The molecule has 1 aliphatic rings. The third kappa shape index (κ3) is 3.97. The van der Waals surface area contributed by atoms with Crippen LogP contribution in [-0.4, -0.2) is 51.3 Å². The minimum absolute atomic E-state index is 0.138. The largest absolute Gasteiger partial charge is 0.348 e. The molecule has 154 valence electrons. The molecule has 0 unspecified atom stereocenters. The van der Waals surface area contributed by atoms with E-state index in [4.69, 9.17) is 0 Å². The topological polar surface area (TPSA) is 102 Å². The Bertz CT molecular complexity index is 948. The number of aryl methyl sites for hydroxylation is 2. The fourth-order valence-corrected chi connectivity index (χ4v) is 5.14. The standard InChI is InChI=1S/C18H28N6O3S/c1-5-23-10-8-16(21-23)13(2)20-18(25)15-7-6-9-24(12-15)28(26,27)17-11-19-22(4)14(17)3/h8,10-11,13,15H,5-7,9,12H2,1-4H3,(H,20,25)/t13-,15-/m1/s1. The van der Waals surface area contributed by atoms with Crippen LogP contribution in [0.2, 0.25) is 0 Å². The Balaban J connectivity index is 1.68. The van der Waals surface area contributed by atoms with E-state index in [1.165, 1.54) is 15.2 Å². The molecule has 2 atom stereocenters. The Morgan fingerprint density at radius 3 is 2.79 bits per heavy atom. The summed E-state index contributed by atoms with van der Waals surface area (Å²) in [6.45, 7) is 6.97. The lowest BCUT2D eigenvalue weighted by molar-refractivity contribution is -0.126. The average Bonchev–Trinajstić information content (AvgIpc) is 3.29. The maximum absolute atomic E-state index is 13.0. The first-order valence-electron chi connectivity index (χ1n) is 9.56. The van der Waals surface area contributed by atoms with Crippen LogP contribution in [0.4, 0.5) is 0 Å². The van der Waals surface area contributed by atoms with Crippen LogP contribution >= 0.6 is 0 Å². The highest BCUT2D eigenvalue weighted by molar-refractivity contribution is 7.89. The summed E-state index contributed by atoms with van der Waals surface area (Å²) in [4.78, 5) is 13.0. The number of rotatable bonds is 6. The van der Waals surface area contributed by atoms with Gasteiger partial charge >= 0.3 is 0 Å². The van der Waals surface area contributed by atoms with Gasteiger partial charge in [-0.1, -0.05) is 0 Å². The van der Waals surface area contributed by atoms with Crippen LogP contribution < -0.4 is 5.32 Å². The summed E-state index contributed by atoms with van der Waals surface area (Å²) in [5.74, 6) is -0.516. The molecule has 0 spiro atoms. The van der Waals surface area contributed by atoms with Crippen molar-refractivity contribution in [1.82, 2.24) is 29.2 Å². The fourth-order valence-electron chi connectivity index (χ4n) is 3.44. The number of hydrogen-bond donors (Lipinski definition) is 1. The van der Waals surface area contributed by atoms with E-state index < -0.39 is 10.0 Å². The van der Waals surface area contributed by atoms with E-state index in [0.717, 1.165) is 12.2 Å². The third-order valence-electron chi connectivity index (χ3n) is 5.35. The molecule has 0 aliphatic carbocycles. The summed E-state index contributed by atoms with van der Waals surface area (Å²) in [5.41, 5.74) is 1.38. The highest BCUT2D eigenvalue weighted by Crippen LogP contribution is 2.26. The van der Waals surface area contributed by atoms with Gasteiger partial charge in [-0.15, -0.1) is 0 Å². The molecule has 10 heteroatoms. The van der Waals surface area contributed by atoms with Gasteiger partial charge in [0, 0.05) is 32.9 Å². The first-order chi connectivity index (χ1) is 13.2. The average molecular weight is 409 g/mol. The molecular formula is C18H28N6O3S. The van der Waals surface area contributed by atoms with Crippen molar-refractivity contribution in [2.24, 2.45) is 13.0 Å². The minimum Gasteiger partial charge on any atom is -0.348 e. The molecule has 0 saturated carbocycles. The smallest absolute Gasteiger partial charge is 0.246 e.